The van der Waals surface area contributed by atoms with E-state index in [1.54, 1.807) is 7.11 Å². The molecule has 2 aliphatic rings. The normalized spacial score (nSPS) is 29.4. The molecule has 0 radical (unpaired) electrons. The molecule has 0 bridgehead atoms. The van der Waals surface area contributed by atoms with E-state index in [1.807, 2.05) is 25.1 Å². The number of hydrogen-bond acceptors (Lipinski definition) is 5. The molecule has 4 atom stereocenters. The molecule has 0 saturated heterocycles. The van der Waals surface area contributed by atoms with Gasteiger partial charge in [0.15, 0.2) is 5.78 Å². The molecule has 0 N–H and O–H groups in total. The van der Waals surface area contributed by atoms with Gasteiger partial charge in [0.1, 0.15) is 5.92 Å². The fourth-order valence-electron chi connectivity index (χ4n) is 5.10. The number of hydrogen-bond donors (Lipinski definition) is 0. The lowest BCUT2D eigenvalue weighted by Gasteiger charge is -2.51. The zero-order chi connectivity index (χ0) is 19.2. The fraction of sp³-hybridized carbons (Fsp3) is 0.429. The number of aromatic nitrogens is 2. The zero-order valence-electron chi connectivity index (χ0n) is 15.3. The standard InChI is InChI=1S/C21H20ClN3O2/c1-12-16-9-8-15-18(24-20(22)25-19(15)27-2)21(16,10-13(11-23)17(12)26)14-6-4-3-5-7-14/h3-7,12-13,16H,8-10H2,1-2H3/t12-,13?,16-,21+/m0/s1. The summed E-state index contributed by atoms with van der Waals surface area (Å²) in [6.45, 7) is 1.94. The third-order valence-corrected chi connectivity index (χ3v) is 6.43. The molecule has 1 saturated carbocycles. The van der Waals surface area contributed by atoms with Crippen molar-refractivity contribution in [1.82, 2.24) is 9.97 Å². The number of ether oxygens (including phenoxy) is 1. The number of methoxy groups -OCH3 is 1. The van der Waals surface area contributed by atoms with E-state index < -0.39 is 11.3 Å². The van der Waals surface area contributed by atoms with Crippen LogP contribution in [0.4, 0.5) is 0 Å². The quantitative estimate of drug-likeness (QED) is 0.741. The SMILES string of the molecule is COc1nc(Cl)nc2c1CC[C@H]1[C@H](C)C(=O)C(C#N)C[C@]21c1ccccc1. The Hall–Kier alpha value is -2.45. The first-order chi connectivity index (χ1) is 13.0. The van der Waals surface area contributed by atoms with E-state index in [0.29, 0.717) is 12.3 Å². The highest BCUT2D eigenvalue weighted by molar-refractivity contribution is 6.28. The fourth-order valence-corrected chi connectivity index (χ4v) is 5.26. The number of carbonyl (C=O) groups excluding carboxylic acids is 1. The smallest absolute Gasteiger partial charge is 0.225 e. The van der Waals surface area contributed by atoms with Crippen LogP contribution >= 0.6 is 11.6 Å². The number of carbonyl (C=O) groups is 1. The van der Waals surface area contributed by atoms with Crippen molar-refractivity contribution < 1.29 is 9.53 Å². The van der Waals surface area contributed by atoms with Crippen LogP contribution in [0.1, 0.15) is 36.6 Å². The first-order valence-corrected chi connectivity index (χ1v) is 9.50. The van der Waals surface area contributed by atoms with Crippen LogP contribution in [0.5, 0.6) is 5.88 Å². The number of nitrogens with zero attached hydrogens (tertiary/aromatic N) is 3. The van der Waals surface area contributed by atoms with Crippen LogP contribution in [0.3, 0.4) is 0 Å². The van der Waals surface area contributed by atoms with Gasteiger partial charge in [-0.2, -0.15) is 10.2 Å². The van der Waals surface area contributed by atoms with Gasteiger partial charge >= 0.3 is 0 Å². The van der Waals surface area contributed by atoms with Crippen molar-refractivity contribution in [2.45, 2.75) is 31.6 Å². The van der Waals surface area contributed by atoms with Gasteiger partial charge in [-0.15, -0.1) is 0 Å². The van der Waals surface area contributed by atoms with Gasteiger partial charge in [-0.05, 0) is 42.3 Å². The lowest BCUT2D eigenvalue weighted by Crippen LogP contribution is -2.53. The predicted molar refractivity (Wildman–Crippen MR) is 101 cm³/mol. The van der Waals surface area contributed by atoms with Crippen LogP contribution in [-0.4, -0.2) is 22.9 Å². The third-order valence-electron chi connectivity index (χ3n) is 6.26. The molecule has 2 aliphatic carbocycles. The predicted octanol–water partition coefficient (Wildman–Crippen LogP) is 3.74. The first kappa shape index (κ1) is 17.9. The summed E-state index contributed by atoms with van der Waals surface area (Å²) in [6.07, 6.45) is 1.95. The summed E-state index contributed by atoms with van der Waals surface area (Å²) in [4.78, 5) is 21.7. The molecule has 1 aromatic heterocycles. The number of ketones is 1. The molecule has 6 heteroatoms. The Bertz CT molecular complexity index is 940. The minimum absolute atomic E-state index is 0.0321. The summed E-state index contributed by atoms with van der Waals surface area (Å²) >= 11 is 6.24. The first-order valence-electron chi connectivity index (χ1n) is 9.12. The number of fused-ring (bicyclic) bond motifs is 3. The minimum atomic E-state index is -0.665. The second-order valence-corrected chi connectivity index (χ2v) is 7.73. The number of benzene rings is 1. The van der Waals surface area contributed by atoms with Gasteiger partial charge < -0.3 is 4.74 Å². The summed E-state index contributed by atoms with van der Waals surface area (Å²) in [6, 6.07) is 12.3. The van der Waals surface area contributed by atoms with Crippen molar-refractivity contribution in [1.29, 1.82) is 5.26 Å². The van der Waals surface area contributed by atoms with E-state index in [-0.39, 0.29) is 22.9 Å². The van der Waals surface area contributed by atoms with Crippen molar-refractivity contribution in [3.8, 4) is 11.9 Å². The topological polar surface area (TPSA) is 75.9 Å². The largest absolute Gasteiger partial charge is 0.481 e. The van der Waals surface area contributed by atoms with Crippen molar-refractivity contribution in [2.24, 2.45) is 17.8 Å². The Morgan fingerprint density at radius 2 is 2.04 bits per heavy atom. The minimum Gasteiger partial charge on any atom is -0.481 e. The number of rotatable bonds is 2. The van der Waals surface area contributed by atoms with Crippen LogP contribution in [0.25, 0.3) is 0 Å². The Labute approximate surface area is 163 Å². The van der Waals surface area contributed by atoms with Crippen LogP contribution in [0, 0.1) is 29.1 Å². The van der Waals surface area contributed by atoms with E-state index in [1.165, 1.54) is 0 Å². The van der Waals surface area contributed by atoms with Crippen molar-refractivity contribution >= 4 is 17.4 Å². The second kappa shape index (κ2) is 6.61. The maximum atomic E-state index is 12.8. The molecular weight excluding hydrogens is 362 g/mol. The Kier molecular flexibility index (Phi) is 4.39. The lowest BCUT2D eigenvalue weighted by molar-refractivity contribution is -0.131. The van der Waals surface area contributed by atoms with Gasteiger partial charge in [-0.1, -0.05) is 37.3 Å². The number of nitriles is 1. The summed E-state index contributed by atoms with van der Waals surface area (Å²) < 4.78 is 5.49. The average Bonchev–Trinajstić information content (AvgIpc) is 2.70. The molecule has 138 valence electrons. The molecule has 1 unspecified atom stereocenters. The molecule has 0 amide bonds. The van der Waals surface area contributed by atoms with E-state index in [4.69, 9.17) is 16.3 Å². The Morgan fingerprint density at radius 1 is 1.30 bits per heavy atom. The average molecular weight is 382 g/mol. The molecule has 1 fully saturated rings. The van der Waals surface area contributed by atoms with E-state index >= 15 is 0 Å². The molecule has 4 rings (SSSR count). The van der Waals surface area contributed by atoms with Crippen molar-refractivity contribution in [3.63, 3.8) is 0 Å². The molecule has 1 aromatic carbocycles. The van der Waals surface area contributed by atoms with Crippen molar-refractivity contribution in [2.75, 3.05) is 7.11 Å². The highest BCUT2D eigenvalue weighted by Gasteiger charge is 2.56. The number of Topliss-reactive ketones (excluding diaryl/α,β-unsaturated/α-hetero) is 1. The van der Waals surface area contributed by atoms with Crippen LogP contribution in [0.15, 0.2) is 30.3 Å². The highest BCUT2D eigenvalue weighted by atomic mass is 35.5. The maximum absolute atomic E-state index is 12.8. The Balaban J connectivity index is 2.05. The van der Waals surface area contributed by atoms with Crippen LogP contribution in [-0.2, 0) is 16.6 Å². The summed E-state index contributed by atoms with van der Waals surface area (Å²) in [5.74, 6) is -0.319. The van der Waals surface area contributed by atoms with Crippen LogP contribution < -0.4 is 4.74 Å². The van der Waals surface area contributed by atoms with Gasteiger partial charge in [-0.3, -0.25) is 4.79 Å². The lowest BCUT2D eigenvalue weighted by atomic mass is 9.51. The molecular formula is C21H20ClN3O2. The van der Waals surface area contributed by atoms with E-state index in [0.717, 1.165) is 29.7 Å². The van der Waals surface area contributed by atoms with Crippen LogP contribution in [0.2, 0.25) is 5.28 Å². The molecule has 5 nitrogen and oxygen atoms in total. The van der Waals surface area contributed by atoms with Gasteiger partial charge in [0, 0.05) is 16.9 Å². The number of halogens is 1. The zero-order valence-corrected chi connectivity index (χ0v) is 16.0. The molecule has 1 heterocycles. The van der Waals surface area contributed by atoms with Gasteiger partial charge in [0.25, 0.3) is 0 Å². The van der Waals surface area contributed by atoms with Crippen molar-refractivity contribution in [3.05, 3.63) is 52.4 Å². The van der Waals surface area contributed by atoms with Gasteiger partial charge in [0.2, 0.25) is 11.2 Å². The molecule has 2 aromatic rings. The Morgan fingerprint density at radius 3 is 2.70 bits per heavy atom. The highest BCUT2D eigenvalue weighted by Crippen LogP contribution is 2.56. The summed E-state index contributed by atoms with van der Waals surface area (Å²) in [5, 5.41) is 9.80. The summed E-state index contributed by atoms with van der Waals surface area (Å²) in [7, 11) is 1.57. The monoisotopic (exact) mass is 381 g/mol. The maximum Gasteiger partial charge on any atom is 0.225 e. The van der Waals surface area contributed by atoms with E-state index in [9.17, 15) is 10.1 Å². The molecule has 0 spiro atoms. The summed E-state index contributed by atoms with van der Waals surface area (Å²) in [5.41, 5.74) is 2.25. The van der Waals surface area contributed by atoms with Gasteiger partial charge in [-0.25, -0.2) is 4.98 Å². The second-order valence-electron chi connectivity index (χ2n) is 7.39. The molecule has 0 aliphatic heterocycles. The van der Waals surface area contributed by atoms with Gasteiger partial charge in [0.05, 0.1) is 18.9 Å². The third kappa shape index (κ3) is 2.55. The van der Waals surface area contributed by atoms with E-state index in [2.05, 4.69) is 28.2 Å². The molecule has 27 heavy (non-hydrogen) atoms.